The average Bonchev–Trinajstić information content (AvgIpc) is 2.48. The van der Waals surface area contributed by atoms with Gasteiger partial charge in [0.2, 0.25) is 0 Å². The summed E-state index contributed by atoms with van der Waals surface area (Å²) in [4.78, 5) is 16.1. The quantitative estimate of drug-likeness (QED) is 0.800. The van der Waals surface area contributed by atoms with E-state index < -0.39 is 0 Å². The number of ketones is 1. The molecule has 2 rings (SSSR count). The van der Waals surface area contributed by atoms with Crippen LogP contribution in [0.5, 0.6) is 0 Å². The number of Topliss-reactive ketones (excluding diaryl/α,β-unsaturated/α-hetero) is 1. The second kappa shape index (κ2) is 7.16. The summed E-state index contributed by atoms with van der Waals surface area (Å²) in [7, 11) is 4.10. The normalized spacial score (nSPS) is 23.4. The van der Waals surface area contributed by atoms with Crippen LogP contribution in [0, 0.1) is 0 Å². The Bertz CT molecular complexity index is 461. The topological polar surface area (TPSA) is 32.8 Å². The first-order valence-electron chi connectivity index (χ1n) is 7.65. The first-order chi connectivity index (χ1) is 10.1. The predicted octanol–water partition coefficient (Wildman–Crippen LogP) is 1.80. The Morgan fingerprint density at radius 2 is 2.05 bits per heavy atom. The lowest BCUT2D eigenvalue weighted by molar-refractivity contribution is -0.182. The van der Waals surface area contributed by atoms with E-state index in [9.17, 15) is 4.79 Å². The van der Waals surface area contributed by atoms with Gasteiger partial charge in [-0.1, -0.05) is 37.3 Å². The Kier molecular flexibility index (Phi) is 5.51. The lowest BCUT2D eigenvalue weighted by Crippen LogP contribution is -2.61. The van der Waals surface area contributed by atoms with Crippen LogP contribution in [-0.2, 0) is 16.0 Å². The lowest BCUT2D eigenvalue weighted by atomic mass is 9.99. The van der Waals surface area contributed by atoms with Crippen LogP contribution >= 0.6 is 0 Å². The summed E-state index contributed by atoms with van der Waals surface area (Å²) in [5.41, 5.74) is 0.906. The average molecular weight is 290 g/mol. The predicted molar refractivity (Wildman–Crippen MR) is 84.3 cm³/mol. The summed E-state index contributed by atoms with van der Waals surface area (Å²) in [5, 5.41) is 0. The fourth-order valence-corrected chi connectivity index (χ4v) is 2.79. The van der Waals surface area contributed by atoms with Gasteiger partial charge >= 0.3 is 0 Å². The van der Waals surface area contributed by atoms with Gasteiger partial charge in [-0.15, -0.1) is 0 Å². The maximum atomic E-state index is 11.7. The highest BCUT2D eigenvalue weighted by atomic mass is 16.5. The number of morpholine rings is 1. The van der Waals surface area contributed by atoms with Crippen molar-refractivity contribution in [1.29, 1.82) is 0 Å². The molecule has 4 nitrogen and oxygen atoms in total. The third-order valence-corrected chi connectivity index (χ3v) is 4.18. The molecule has 0 radical (unpaired) electrons. The number of rotatable bonds is 6. The molecule has 1 aliphatic rings. The van der Waals surface area contributed by atoms with Gasteiger partial charge in [-0.05, 0) is 19.7 Å². The molecule has 21 heavy (non-hydrogen) atoms. The molecule has 1 atom stereocenters. The first-order valence-corrected chi connectivity index (χ1v) is 7.65. The molecule has 0 amide bonds. The minimum Gasteiger partial charge on any atom is -0.357 e. The number of benzene rings is 1. The zero-order chi connectivity index (χ0) is 15.3. The van der Waals surface area contributed by atoms with E-state index in [1.54, 1.807) is 0 Å². The largest absolute Gasteiger partial charge is 0.357 e. The second-order valence-corrected chi connectivity index (χ2v) is 5.95. The van der Waals surface area contributed by atoms with Crippen molar-refractivity contribution in [3.8, 4) is 0 Å². The van der Waals surface area contributed by atoms with E-state index >= 15 is 0 Å². The van der Waals surface area contributed by atoms with Gasteiger partial charge in [-0.25, -0.2) is 0 Å². The number of carbonyl (C=O) groups excluding carboxylic acids is 1. The highest BCUT2D eigenvalue weighted by Gasteiger charge is 2.39. The molecule has 1 fully saturated rings. The van der Waals surface area contributed by atoms with Crippen molar-refractivity contribution in [2.24, 2.45) is 0 Å². The minimum atomic E-state index is -0.354. The van der Waals surface area contributed by atoms with Gasteiger partial charge in [0.25, 0.3) is 0 Å². The van der Waals surface area contributed by atoms with Gasteiger partial charge in [-0.3, -0.25) is 14.6 Å². The van der Waals surface area contributed by atoms with Crippen LogP contribution in [-0.4, -0.2) is 61.6 Å². The Morgan fingerprint density at radius 1 is 1.33 bits per heavy atom. The fourth-order valence-electron chi connectivity index (χ4n) is 2.79. The molecule has 0 N–H and O–H groups in total. The van der Waals surface area contributed by atoms with Crippen LogP contribution in [0.3, 0.4) is 0 Å². The molecule has 0 saturated carbocycles. The Labute approximate surface area is 127 Å². The standard InChI is InChI=1S/C17H26N2O2/c1-4-16(20)13-19-10-11-21-17(14-19,18(2)3)12-15-8-6-5-7-9-15/h5-9H,4,10-14H2,1-3H3. The van der Waals surface area contributed by atoms with Gasteiger partial charge in [0.1, 0.15) is 11.5 Å². The van der Waals surface area contributed by atoms with Crippen molar-refractivity contribution in [2.75, 3.05) is 40.3 Å². The second-order valence-electron chi connectivity index (χ2n) is 5.95. The van der Waals surface area contributed by atoms with E-state index in [1.165, 1.54) is 5.56 Å². The van der Waals surface area contributed by atoms with Gasteiger partial charge in [-0.2, -0.15) is 0 Å². The number of hydrogen-bond acceptors (Lipinski definition) is 4. The van der Waals surface area contributed by atoms with E-state index in [1.807, 2.05) is 27.1 Å². The Hall–Kier alpha value is -1.23. The van der Waals surface area contributed by atoms with E-state index in [2.05, 4.69) is 34.1 Å². The van der Waals surface area contributed by atoms with Crippen molar-refractivity contribution in [3.63, 3.8) is 0 Å². The van der Waals surface area contributed by atoms with Crippen molar-refractivity contribution in [1.82, 2.24) is 9.80 Å². The van der Waals surface area contributed by atoms with E-state index in [-0.39, 0.29) is 5.72 Å². The number of ether oxygens (including phenoxy) is 1. The van der Waals surface area contributed by atoms with E-state index in [4.69, 9.17) is 4.74 Å². The molecule has 1 heterocycles. The van der Waals surface area contributed by atoms with Crippen molar-refractivity contribution < 1.29 is 9.53 Å². The molecule has 1 aromatic rings. The molecule has 1 saturated heterocycles. The molecular formula is C17H26N2O2. The molecule has 0 aliphatic carbocycles. The molecule has 1 unspecified atom stereocenters. The number of hydrogen-bond donors (Lipinski definition) is 0. The van der Waals surface area contributed by atoms with Crippen LogP contribution in [0.2, 0.25) is 0 Å². The summed E-state index contributed by atoms with van der Waals surface area (Å²) < 4.78 is 6.15. The molecular weight excluding hydrogens is 264 g/mol. The maximum absolute atomic E-state index is 11.7. The Balaban J connectivity index is 2.11. The molecule has 4 heteroatoms. The van der Waals surface area contributed by atoms with Crippen LogP contribution < -0.4 is 0 Å². The number of nitrogens with zero attached hydrogens (tertiary/aromatic N) is 2. The maximum Gasteiger partial charge on any atom is 0.146 e. The molecule has 116 valence electrons. The smallest absolute Gasteiger partial charge is 0.146 e. The first kappa shape index (κ1) is 16.1. The van der Waals surface area contributed by atoms with Crippen molar-refractivity contribution in [2.45, 2.75) is 25.5 Å². The lowest BCUT2D eigenvalue weighted by Gasteiger charge is -2.46. The molecule has 0 spiro atoms. The van der Waals surface area contributed by atoms with Crippen LogP contribution in [0.4, 0.5) is 0 Å². The van der Waals surface area contributed by atoms with Gasteiger partial charge in [0.15, 0.2) is 0 Å². The van der Waals surface area contributed by atoms with Crippen LogP contribution in [0.25, 0.3) is 0 Å². The van der Waals surface area contributed by atoms with Crippen LogP contribution in [0.15, 0.2) is 30.3 Å². The third-order valence-electron chi connectivity index (χ3n) is 4.18. The zero-order valence-electron chi connectivity index (χ0n) is 13.3. The number of likely N-dealkylation sites (N-methyl/N-ethyl adjacent to an activating group) is 1. The van der Waals surface area contributed by atoms with Gasteiger partial charge in [0, 0.05) is 25.9 Å². The van der Waals surface area contributed by atoms with E-state index in [0.29, 0.717) is 25.4 Å². The van der Waals surface area contributed by atoms with E-state index in [0.717, 1.165) is 19.5 Å². The monoisotopic (exact) mass is 290 g/mol. The summed E-state index contributed by atoms with van der Waals surface area (Å²) in [6, 6.07) is 10.4. The Morgan fingerprint density at radius 3 is 2.67 bits per heavy atom. The summed E-state index contributed by atoms with van der Waals surface area (Å²) in [6.45, 7) is 4.72. The highest BCUT2D eigenvalue weighted by Crippen LogP contribution is 2.25. The van der Waals surface area contributed by atoms with Crippen LogP contribution in [0.1, 0.15) is 18.9 Å². The summed E-state index contributed by atoms with van der Waals surface area (Å²) >= 11 is 0. The third kappa shape index (κ3) is 4.13. The molecule has 1 aromatic carbocycles. The summed E-state index contributed by atoms with van der Waals surface area (Å²) in [5.74, 6) is 0.296. The molecule has 0 bridgehead atoms. The fraction of sp³-hybridized carbons (Fsp3) is 0.588. The van der Waals surface area contributed by atoms with Crippen molar-refractivity contribution in [3.05, 3.63) is 35.9 Å². The number of carbonyl (C=O) groups is 1. The summed E-state index contributed by atoms with van der Waals surface area (Å²) in [6.07, 6.45) is 1.43. The van der Waals surface area contributed by atoms with Crippen molar-refractivity contribution >= 4 is 5.78 Å². The minimum absolute atomic E-state index is 0.296. The SMILES string of the molecule is CCC(=O)CN1CCOC(Cc2ccccc2)(N(C)C)C1. The molecule has 1 aliphatic heterocycles. The zero-order valence-corrected chi connectivity index (χ0v) is 13.3. The highest BCUT2D eigenvalue weighted by molar-refractivity contribution is 5.80. The van der Waals surface area contributed by atoms with Gasteiger partial charge < -0.3 is 4.74 Å². The van der Waals surface area contributed by atoms with Gasteiger partial charge in [0.05, 0.1) is 13.2 Å². The molecule has 0 aromatic heterocycles.